The van der Waals surface area contributed by atoms with E-state index in [9.17, 15) is 22.8 Å². The van der Waals surface area contributed by atoms with Crippen LogP contribution in [0.3, 0.4) is 0 Å². The van der Waals surface area contributed by atoms with Gasteiger partial charge in [0.1, 0.15) is 0 Å². The van der Waals surface area contributed by atoms with E-state index in [0.717, 1.165) is 0 Å². The number of nitrogens with one attached hydrogen (secondary N) is 1. The minimum atomic E-state index is -4.88. The van der Waals surface area contributed by atoms with Crippen molar-refractivity contribution in [1.29, 1.82) is 0 Å². The molecule has 0 unspecified atom stereocenters. The van der Waals surface area contributed by atoms with Crippen molar-refractivity contribution in [2.45, 2.75) is 19.0 Å². The standard InChI is InChI=1S/C13H14F3NO3/c1-8(7-17-12(19)13(14,15)16)9-3-5-10(6-4-9)11(18)20-2/h3-6,8H,7H2,1-2H3,(H,17,19)/t8-/m0/s1. The van der Waals surface area contributed by atoms with Gasteiger partial charge in [0.2, 0.25) is 0 Å². The van der Waals surface area contributed by atoms with Gasteiger partial charge in [-0.05, 0) is 23.6 Å². The molecule has 1 amide bonds. The average Bonchev–Trinajstić information content (AvgIpc) is 2.42. The Kier molecular flexibility index (Phi) is 5.12. The highest BCUT2D eigenvalue weighted by atomic mass is 19.4. The fourth-order valence-electron chi connectivity index (χ4n) is 1.53. The molecule has 0 aliphatic carbocycles. The minimum absolute atomic E-state index is 0.143. The first-order chi connectivity index (χ1) is 9.25. The van der Waals surface area contributed by atoms with Crippen LogP contribution in [0.5, 0.6) is 0 Å². The molecule has 0 saturated carbocycles. The normalized spacial score (nSPS) is 12.7. The number of alkyl halides is 3. The number of ether oxygens (including phenoxy) is 1. The van der Waals surface area contributed by atoms with Crippen LogP contribution in [0.2, 0.25) is 0 Å². The number of esters is 1. The summed E-state index contributed by atoms with van der Waals surface area (Å²) < 4.78 is 40.6. The fourth-order valence-corrected chi connectivity index (χ4v) is 1.53. The van der Waals surface area contributed by atoms with Gasteiger partial charge in [-0.2, -0.15) is 13.2 Å². The van der Waals surface area contributed by atoms with Crippen molar-refractivity contribution in [3.63, 3.8) is 0 Å². The zero-order chi connectivity index (χ0) is 15.3. The Bertz CT molecular complexity index is 483. The van der Waals surface area contributed by atoms with Crippen LogP contribution in [0.15, 0.2) is 24.3 Å². The first-order valence-electron chi connectivity index (χ1n) is 5.79. The number of hydrogen-bond donors (Lipinski definition) is 1. The number of halogens is 3. The van der Waals surface area contributed by atoms with E-state index < -0.39 is 18.1 Å². The topological polar surface area (TPSA) is 55.4 Å². The fraction of sp³-hybridized carbons (Fsp3) is 0.385. The Morgan fingerprint density at radius 2 is 1.80 bits per heavy atom. The quantitative estimate of drug-likeness (QED) is 0.865. The molecule has 110 valence electrons. The number of benzene rings is 1. The molecule has 0 aliphatic rings. The summed E-state index contributed by atoms with van der Waals surface area (Å²) in [6.07, 6.45) is -4.88. The highest BCUT2D eigenvalue weighted by Crippen LogP contribution is 2.18. The van der Waals surface area contributed by atoms with Gasteiger partial charge in [0.05, 0.1) is 12.7 Å². The molecule has 20 heavy (non-hydrogen) atoms. The minimum Gasteiger partial charge on any atom is -0.465 e. The van der Waals surface area contributed by atoms with E-state index in [1.165, 1.54) is 19.2 Å². The number of methoxy groups -OCH3 is 1. The second kappa shape index (κ2) is 6.40. The number of amides is 1. The van der Waals surface area contributed by atoms with E-state index in [-0.39, 0.29) is 12.5 Å². The van der Waals surface area contributed by atoms with Gasteiger partial charge in [-0.3, -0.25) is 4.79 Å². The van der Waals surface area contributed by atoms with Gasteiger partial charge in [0.15, 0.2) is 0 Å². The van der Waals surface area contributed by atoms with Crippen LogP contribution in [0.4, 0.5) is 13.2 Å². The van der Waals surface area contributed by atoms with Gasteiger partial charge in [0.25, 0.3) is 0 Å². The monoisotopic (exact) mass is 289 g/mol. The maximum atomic E-state index is 12.0. The molecule has 0 bridgehead atoms. The van der Waals surface area contributed by atoms with Crippen LogP contribution < -0.4 is 5.32 Å². The first kappa shape index (κ1) is 16.0. The van der Waals surface area contributed by atoms with Gasteiger partial charge in [-0.25, -0.2) is 4.79 Å². The maximum Gasteiger partial charge on any atom is 0.471 e. The van der Waals surface area contributed by atoms with Crippen LogP contribution in [0.25, 0.3) is 0 Å². The smallest absolute Gasteiger partial charge is 0.465 e. The molecule has 0 aromatic heterocycles. The third kappa shape index (κ3) is 4.25. The predicted octanol–water partition coefficient (Wildman–Crippen LogP) is 2.26. The van der Waals surface area contributed by atoms with Crippen LogP contribution >= 0.6 is 0 Å². The third-order valence-corrected chi connectivity index (χ3v) is 2.73. The van der Waals surface area contributed by atoms with Crippen molar-refractivity contribution in [1.82, 2.24) is 5.32 Å². The summed E-state index contributed by atoms with van der Waals surface area (Å²) in [5.41, 5.74) is 1.06. The molecule has 0 fully saturated rings. The summed E-state index contributed by atoms with van der Waals surface area (Å²) in [5.74, 6) is -2.77. The highest BCUT2D eigenvalue weighted by Gasteiger charge is 2.38. The third-order valence-electron chi connectivity index (χ3n) is 2.73. The van der Waals surface area contributed by atoms with Gasteiger partial charge in [0, 0.05) is 6.54 Å². The van der Waals surface area contributed by atoms with Crippen LogP contribution in [-0.4, -0.2) is 31.7 Å². The lowest BCUT2D eigenvalue weighted by Crippen LogP contribution is -2.38. The van der Waals surface area contributed by atoms with Crippen molar-refractivity contribution >= 4 is 11.9 Å². The number of hydrogen-bond acceptors (Lipinski definition) is 3. The van der Waals surface area contributed by atoms with E-state index in [2.05, 4.69) is 4.74 Å². The van der Waals surface area contributed by atoms with Crippen molar-refractivity contribution in [2.24, 2.45) is 0 Å². The average molecular weight is 289 g/mol. The van der Waals surface area contributed by atoms with Crippen LogP contribution in [0, 0.1) is 0 Å². The summed E-state index contributed by atoms with van der Waals surface area (Å²) in [6, 6.07) is 6.25. The second-order valence-electron chi connectivity index (χ2n) is 4.22. The van der Waals surface area contributed by atoms with Crippen molar-refractivity contribution < 1.29 is 27.5 Å². The van der Waals surface area contributed by atoms with E-state index in [1.54, 1.807) is 19.1 Å². The Labute approximate surface area is 113 Å². The first-order valence-corrected chi connectivity index (χ1v) is 5.79. The molecule has 1 atom stereocenters. The van der Waals surface area contributed by atoms with Crippen LogP contribution in [-0.2, 0) is 9.53 Å². The lowest BCUT2D eigenvalue weighted by Gasteiger charge is -2.14. The summed E-state index contributed by atoms with van der Waals surface area (Å²) >= 11 is 0. The summed E-state index contributed by atoms with van der Waals surface area (Å²) in [6.45, 7) is 1.53. The molecule has 1 N–H and O–H groups in total. The molecule has 0 heterocycles. The zero-order valence-corrected chi connectivity index (χ0v) is 11.0. The molecule has 7 heteroatoms. The maximum absolute atomic E-state index is 12.0. The van der Waals surface area contributed by atoms with Crippen molar-refractivity contribution in [3.05, 3.63) is 35.4 Å². The highest BCUT2D eigenvalue weighted by molar-refractivity contribution is 5.89. The lowest BCUT2D eigenvalue weighted by molar-refractivity contribution is -0.173. The van der Waals surface area contributed by atoms with Gasteiger partial charge in [-0.1, -0.05) is 19.1 Å². The van der Waals surface area contributed by atoms with E-state index in [4.69, 9.17) is 0 Å². The number of carbonyl (C=O) groups is 2. The second-order valence-corrected chi connectivity index (χ2v) is 4.22. The van der Waals surface area contributed by atoms with Gasteiger partial charge < -0.3 is 10.1 Å². The van der Waals surface area contributed by atoms with Crippen molar-refractivity contribution in [3.8, 4) is 0 Å². The molecule has 4 nitrogen and oxygen atoms in total. The Morgan fingerprint density at radius 1 is 1.25 bits per heavy atom. The lowest BCUT2D eigenvalue weighted by atomic mass is 10.00. The molecule has 1 aromatic carbocycles. The predicted molar refractivity (Wildman–Crippen MR) is 65.3 cm³/mol. The molecular formula is C13H14F3NO3. The summed E-state index contributed by atoms with van der Waals surface area (Å²) in [7, 11) is 1.26. The Morgan fingerprint density at radius 3 is 2.25 bits per heavy atom. The molecule has 0 aliphatic heterocycles. The molecule has 1 rings (SSSR count). The zero-order valence-electron chi connectivity index (χ0n) is 11.0. The van der Waals surface area contributed by atoms with Crippen LogP contribution in [0.1, 0.15) is 28.8 Å². The van der Waals surface area contributed by atoms with E-state index in [0.29, 0.717) is 11.1 Å². The SMILES string of the molecule is COC(=O)c1ccc([C@@H](C)CNC(=O)C(F)(F)F)cc1. The van der Waals surface area contributed by atoms with Gasteiger partial charge in [-0.15, -0.1) is 0 Å². The van der Waals surface area contributed by atoms with Crippen molar-refractivity contribution in [2.75, 3.05) is 13.7 Å². The molecular weight excluding hydrogens is 275 g/mol. The molecule has 0 radical (unpaired) electrons. The molecule has 0 saturated heterocycles. The largest absolute Gasteiger partial charge is 0.471 e. The number of carbonyl (C=O) groups excluding carboxylic acids is 2. The summed E-state index contributed by atoms with van der Waals surface area (Å²) in [5, 5.41) is 1.81. The van der Waals surface area contributed by atoms with Gasteiger partial charge >= 0.3 is 18.1 Å². The molecule has 0 spiro atoms. The number of rotatable bonds is 4. The van der Waals surface area contributed by atoms with E-state index >= 15 is 0 Å². The Hall–Kier alpha value is -2.05. The molecule has 1 aromatic rings. The van der Waals surface area contributed by atoms with E-state index in [1.807, 2.05) is 5.32 Å². The summed E-state index contributed by atoms with van der Waals surface area (Å²) in [4.78, 5) is 21.9. The Balaban J connectivity index is 2.62.